The van der Waals surface area contributed by atoms with Gasteiger partial charge in [-0.25, -0.2) is 13.1 Å². The molecule has 0 saturated heterocycles. The van der Waals surface area contributed by atoms with Crippen LogP contribution < -0.4 is 10.5 Å². The van der Waals surface area contributed by atoms with Crippen molar-refractivity contribution in [3.8, 4) is 0 Å². The van der Waals surface area contributed by atoms with E-state index in [4.69, 9.17) is 5.73 Å². The predicted octanol–water partition coefficient (Wildman–Crippen LogP) is 1.12. The third-order valence-electron chi connectivity index (χ3n) is 2.72. The van der Waals surface area contributed by atoms with Crippen molar-refractivity contribution in [2.45, 2.75) is 24.9 Å². The highest BCUT2D eigenvalue weighted by Crippen LogP contribution is 2.22. The largest absolute Gasteiger partial charge is 0.398 e. The Morgan fingerprint density at radius 2 is 2.20 bits per heavy atom. The van der Waals surface area contributed by atoms with Gasteiger partial charge in [0.15, 0.2) is 0 Å². The van der Waals surface area contributed by atoms with Gasteiger partial charge in [-0.1, -0.05) is 15.9 Å². The lowest BCUT2D eigenvalue weighted by Crippen LogP contribution is -2.25. The minimum Gasteiger partial charge on any atom is -0.398 e. The number of halogens is 1. The van der Waals surface area contributed by atoms with Gasteiger partial charge in [0.05, 0.1) is 12.2 Å². The van der Waals surface area contributed by atoms with Crippen molar-refractivity contribution in [3.63, 3.8) is 0 Å². The van der Waals surface area contributed by atoms with Crippen LogP contribution in [0.3, 0.4) is 0 Å². The van der Waals surface area contributed by atoms with Crippen LogP contribution in [0.25, 0.3) is 0 Å². The second-order valence-corrected chi connectivity index (χ2v) is 6.69. The number of rotatable bonds is 5. The summed E-state index contributed by atoms with van der Waals surface area (Å²) in [6.45, 7) is 2.66. The summed E-state index contributed by atoms with van der Waals surface area (Å²) >= 11 is 3.24. The maximum atomic E-state index is 12.2. The molecule has 1 aromatic heterocycles. The fraction of sp³-hybridized carbons (Fsp3) is 0.273. The number of nitrogens with one attached hydrogen (secondary N) is 1. The lowest BCUT2D eigenvalue weighted by molar-refractivity contribution is 0.575. The molecular formula is C11H14BrN5O2S. The van der Waals surface area contributed by atoms with Crippen molar-refractivity contribution in [3.05, 3.63) is 34.8 Å². The molecule has 1 aromatic carbocycles. The van der Waals surface area contributed by atoms with Crippen LogP contribution in [0.1, 0.15) is 12.7 Å². The molecule has 0 amide bonds. The summed E-state index contributed by atoms with van der Waals surface area (Å²) < 4.78 is 29.3. The summed E-state index contributed by atoms with van der Waals surface area (Å²) in [7, 11) is -3.69. The summed E-state index contributed by atoms with van der Waals surface area (Å²) in [5.41, 5.74) is 5.91. The maximum absolute atomic E-state index is 12.2. The fourth-order valence-corrected chi connectivity index (χ4v) is 3.15. The molecule has 3 N–H and O–H groups in total. The molecule has 9 heteroatoms. The number of anilines is 1. The molecule has 0 aliphatic rings. The monoisotopic (exact) mass is 359 g/mol. The Morgan fingerprint density at radius 3 is 2.85 bits per heavy atom. The fourth-order valence-electron chi connectivity index (χ4n) is 1.68. The molecule has 0 spiro atoms. The van der Waals surface area contributed by atoms with Crippen LogP contribution in [-0.2, 0) is 23.1 Å². The molecule has 2 rings (SSSR count). The van der Waals surface area contributed by atoms with Crippen LogP contribution in [0.5, 0.6) is 0 Å². The normalized spacial score (nSPS) is 11.7. The smallest absolute Gasteiger partial charge is 0.243 e. The number of aryl methyl sites for hydroxylation is 1. The molecule has 0 saturated carbocycles. The third kappa shape index (κ3) is 3.17. The van der Waals surface area contributed by atoms with E-state index in [9.17, 15) is 8.42 Å². The zero-order chi connectivity index (χ0) is 14.8. The highest BCUT2D eigenvalue weighted by Gasteiger charge is 2.18. The van der Waals surface area contributed by atoms with Gasteiger partial charge in [0, 0.05) is 11.0 Å². The van der Waals surface area contributed by atoms with Crippen molar-refractivity contribution in [2.75, 3.05) is 5.73 Å². The second kappa shape index (κ2) is 5.90. The number of hydrogen-bond acceptors (Lipinski definition) is 5. The van der Waals surface area contributed by atoms with Crippen LogP contribution in [0.15, 0.2) is 33.9 Å². The van der Waals surface area contributed by atoms with Gasteiger partial charge in [-0.3, -0.25) is 0 Å². The molecule has 0 atom stereocenters. The van der Waals surface area contributed by atoms with Crippen LogP contribution in [0.4, 0.5) is 5.69 Å². The van der Waals surface area contributed by atoms with E-state index in [1.54, 1.807) is 23.0 Å². The molecule has 1 heterocycles. The number of benzene rings is 1. The average molecular weight is 360 g/mol. The molecular weight excluding hydrogens is 346 g/mol. The molecule has 0 fully saturated rings. The Balaban J connectivity index is 2.19. The minimum absolute atomic E-state index is 0.0447. The number of nitrogens with zero attached hydrogens (tertiary/aromatic N) is 3. The molecule has 2 aromatic rings. The van der Waals surface area contributed by atoms with Gasteiger partial charge in [-0.2, -0.15) is 0 Å². The lowest BCUT2D eigenvalue weighted by Gasteiger charge is -2.09. The summed E-state index contributed by atoms with van der Waals surface area (Å²) in [6, 6.07) is 4.62. The number of sulfonamides is 1. The van der Waals surface area contributed by atoms with E-state index < -0.39 is 10.0 Å². The van der Waals surface area contributed by atoms with E-state index in [1.807, 2.05) is 6.92 Å². The molecule has 0 aliphatic carbocycles. The second-order valence-electron chi connectivity index (χ2n) is 4.04. The first-order valence-electron chi connectivity index (χ1n) is 5.85. The third-order valence-corrected chi connectivity index (χ3v) is 4.69. The Kier molecular flexibility index (Phi) is 4.41. The first kappa shape index (κ1) is 14.9. The lowest BCUT2D eigenvalue weighted by atomic mass is 10.3. The molecule has 0 radical (unpaired) electrons. The van der Waals surface area contributed by atoms with E-state index in [0.717, 1.165) is 4.47 Å². The SMILES string of the molecule is CCn1cnnc1CNS(=O)(=O)c1ccc(Br)cc1N. The van der Waals surface area contributed by atoms with Crippen molar-refractivity contribution in [2.24, 2.45) is 0 Å². The van der Waals surface area contributed by atoms with Crippen molar-refractivity contribution in [1.82, 2.24) is 19.5 Å². The highest BCUT2D eigenvalue weighted by molar-refractivity contribution is 9.10. The molecule has 0 bridgehead atoms. The first-order valence-corrected chi connectivity index (χ1v) is 8.13. The summed E-state index contributed by atoms with van der Waals surface area (Å²) in [4.78, 5) is 0.0447. The highest BCUT2D eigenvalue weighted by atomic mass is 79.9. The topological polar surface area (TPSA) is 103 Å². The van der Waals surface area contributed by atoms with Gasteiger partial charge >= 0.3 is 0 Å². The van der Waals surface area contributed by atoms with Crippen molar-refractivity contribution in [1.29, 1.82) is 0 Å². The Labute approximate surface area is 125 Å². The minimum atomic E-state index is -3.69. The van der Waals surface area contributed by atoms with Gasteiger partial charge < -0.3 is 10.3 Å². The number of nitrogens with two attached hydrogens (primary N) is 1. The van der Waals surface area contributed by atoms with Crippen LogP contribution >= 0.6 is 15.9 Å². The Hall–Kier alpha value is -1.45. The van der Waals surface area contributed by atoms with E-state index in [0.29, 0.717) is 12.4 Å². The maximum Gasteiger partial charge on any atom is 0.243 e. The van der Waals surface area contributed by atoms with E-state index in [1.165, 1.54) is 6.07 Å². The molecule has 0 aliphatic heterocycles. The van der Waals surface area contributed by atoms with Crippen LogP contribution in [-0.4, -0.2) is 23.2 Å². The summed E-state index contributed by atoms with van der Waals surface area (Å²) in [6.07, 6.45) is 1.55. The Morgan fingerprint density at radius 1 is 1.45 bits per heavy atom. The van der Waals surface area contributed by atoms with Gasteiger partial charge in [0.1, 0.15) is 17.0 Å². The van der Waals surface area contributed by atoms with Crippen LogP contribution in [0, 0.1) is 0 Å². The van der Waals surface area contributed by atoms with Gasteiger partial charge in [0.2, 0.25) is 10.0 Å². The van der Waals surface area contributed by atoms with Crippen molar-refractivity contribution < 1.29 is 8.42 Å². The molecule has 20 heavy (non-hydrogen) atoms. The van der Waals surface area contributed by atoms with E-state index in [-0.39, 0.29) is 17.1 Å². The quantitative estimate of drug-likeness (QED) is 0.778. The zero-order valence-electron chi connectivity index (χ0n) is 10.7. The molecule has 108 valence electrons. The van der Waals surface area contributed by atoms with E-state index >= 15 is 0 Å². The Bertz CT molecular complexity index is 713. The predicted molar refractivity (Wildman–Crippen MR) is 78.3 cm³/mol. The number of hydrogen-bond donors (Lipinski definition) is 2. The first-order chi connectivity index (χ1) is 9.44. The molecule has 7 nitrogen and oxygen atoms in total. The number of nitrogen functional groups attached to an aromatic ring is 1. The van der Waals surface area contributed by atoms with Crippen molar-refractivity contribution >= 4 is 31.6 Å². The van der Waals surface area contributed by atoms with E-state index in [2.05, 4.69) is 30.8 Å². The van der Waals surface area contributed by atoms with Crippen LogP contribution in [0.2, 0.25) is 0 Å². The number of aromatic nitrogens is 3. The summed E-state index contributed by atoms with van der Waals surface area (Å²) in [5.74, 6) is 0.548. The summed E-state index contributed by atoms with van der Waals surface area (Å²) in [5, 5.41) is 7.61. The zero-order valence-corrected chi connectivity index (χ0v) is 13.1. The average Bonchev–Trinajstić information content (AvgIpc) is 2.83. The van der Waals surface area contributed by atoms with Gasteiger partial charge in [-0.15, -0.1) is 10.2 Å². The van der Waals surface area contributed by atoms with Gasteiger partial charge in [-0.05, 0) is 25.1 Å². The molecule has 0 unspecified atom stereocenters. The standard InChI is InChI=1S/C11H14BrN5O2S/c1-2-17-7-14-16-11(17)6-15-20(18,19)10-4-3-8(12)5-9(10)13/h3-5,7,15H,2,6,13H2,1H3. The van der Waals surface area contributed by atoms with Gasteiger partial charge in [0.25, 0.3) is 0 Å².